The summed E-state index contributed by atoms with van der Waals surface area (Å²) < 4.78 is 1.75. The molecular formula is C12H17N3O. The number of aryl methyl sites for hydroxylation is 1. The van der Waals surface area contributed by atoms with Crippen molar-refractivity contribution in [1.29, 1.82) is 0 Å². The third-order valence-corrected chi connectivity index (χ3v) is 2.21. The molecule has 2 rings (SSSR count). The van der Waals surface area contributed by atoms with Gasteiger partial charge in [-0.3, -0.25) is 4.79 Å². The zero-order chi connectivity index (χ0) is 12.1. The van der Waals surface area contributed by atoms with E-state index in [2.05, 4.69) is 4.98 Å². The summed E-state index contributed by atoms with van der Waals surface area (Å²) in [7, 11) is 0. The highest BCUT2D eigenvalue weighted by Crippen LogP contribution is 2.16. The SMILES string of the molecule is CC.Cc1ccnc2c1ccn2CC(N)=O. The van der Waals surface area contributed by atoms with Crippen LogP contribution in [0.3, 0.4) is 0 Å². The van der Waals surface area contributed by atoms with Crippen LogP contribution < -0.4 is 5.73 Å². The van der Waals surface area contributed by atoms with Crippen molar-refractivity contribution in [2.24, 2.45) is 5.73 Å². The van der Waals surface area contributed by atoms with Crippen molar-refractivity contribution in [2.75, 3.05) is 0 Å². The van der Waals surface area contributed by atoms with Gasteiger partial charge in [0, 0.05) is 17.8 Å². The number of fused-ring (bicyclic) bond motifs is 1. The highest BCUT2D eigenvalue weighted by atomic mass is 16.1. The quantitative estimate of drug-likeness (QED) is 0.838. The molecule has 4 heteroatoms. The molecule has 0 unspecified atom stereocenters. The molecule has 0 aliphatic rings. The number of hydrogen-bond donors (Lipinski definition) is 1. The number of nitrogens with zero attached hydrogens (tertiary/aromatic N) is 2. The average Bonchev–Trinajstić information content (AvgIpc) is 2.65. The van der Waals surface area contributed by atoms with Gasteiger partial charge in [0.1, 0.15) is 12.2 Å². The fourth-order valence-corrected chi connectivity index (χ4v) is 1.52. The van der Waals surface area contributed by atoms with E-state index in [1.807, 2.05) is 39.1 Å². The number of amides is 1. The minimum atomic E-state index is -0.356. The van der Waals surface area contributed by atoms with Crippen molar-refractivity contribution in [2.45, 2.75) is 27.3 Å². The van der Waals surface area contributed by atoms with E-state index in [9.17, 15) is 4.79 Å². The van der Waals surface area contributed by atoms with Crippen LogP contribution in [0.15, 0.2) is 24.5 Å². The number of nitrogens with two attached hydrogens (primary N) is 1. The monoisotopic (exact) mass is 219 g/mol. The van der Waals surface area contributed by atoms with E-state index in [0.29, 0.717) is 0 Å². The van der Waals surface area contributed by atoms with Crippen LogP contribution in [0.4, 0.5) is 0 Å². The molecule has 0 aliphatic carbocycles. The van der Waals surface area contributed by atoms with Crippen LogP contribution in [-0.4, -0.2) is 15.5 Å². The Morgan fingerprint density at radius 3 is 2.75 bits per heavy atom. The maximum absolute atomic E-state index is 10.8. The predicted octanol–water partition coefficient (Wildman–Crippen LogP) is 1.86. The molecule has 4 nitrogen and oxygen atoms in total. The Bertz CT molecular complexity index is 488. The van der Waals surface area contributed by atoms with E-state index in [4.69, 9.17) is 5.73 Å². The van der Waals surface area contributed by atoms with Crippen LogP contribution in [0.5, 0.6) is 0 Å². The van der Waals surface area contributed by atoms with Crippen molar-refractivity contribution in [3.63, 3.8) is 0 Å². The van der Waals surface area contributed by atoms with Gasteiger partial charge in [-0.2, -0.15) is 0 Å². The van der Waals surface area contributed by atoms with Crippen molar-refractivity contribution in [3.8, 4) is 0 Å². The van der Waals surface area contributed by atoms with Crippen LogP contribution >= 0.6 is 0 Å². The van der Waals surface area contributed by atoms with Gasteiger partial charge in [-0.05, 0) is 24.6 Å². The molecular weight excluding hydrogens is 202 g/mol. The molecule has 1 amide bonds. The van der Waals surface area contributed by atoms with Gasteiger partial charge < -0.3 is 10.3 Å². The van der Waals surface area contributed by atoms with Gasteiger partial charge in [-0.1, -0.05) is 13.8 Å². The minimum absolute atomic E-state index is 0.181. The molecule has 0 saturated carbocycles. The lowest BCUT2D eigenvalue weighted by molar-refractivity contribution is -0.118. The first-order chi connectivity index (χ1) is 7.68. The van der Waals surface area contributed by atoms with Gasteiger partial charge in [0.25, 0.3) is 0 Å². The zero-order valence-electron chi connectivity index (χ0n) is 9.90. The molecule has 2 aromatic heterocycles. The van der Waals surface area contributed by atoms with Gasteiger partial charge >= 0.3 is 0 Å². The molecule has 2 N–H and O–H groups in total. The molecule has 0 atom stereocenters. The Kier molecular flexibility index (Phi) is 4.05. The normalized spacial score (nSPS) is 9.69. The molecule has 2 aromatic rings. The maximum Gasteiger partial charge on any atom is 0.237 e. The third kappa shape index (κ3) is 2.39. The topological polar surface area (TPSA) is 60.9 Å². The van der Waals surface area contributed by atoms with Crippen molar-refractivity contribution in [3.05, 3.63) is 30.1 Å². The summed E-state index contributed by atoms with van der Waals surface area (Å²) in [6.07, 6.45) is 3.56. The number of primary amides is 1. The standard InChI is InChI=1S/C10H11N3O.C2H6/c1-7-2-4-12-10-8(7)3-5-13(10)6-9(11)14;1-2/h2-5H,6H2,1H3,(H2,11,14);1-2H3. The second-order valence-corrected chi connectivity index (χ2v) is 3.28. The highest BCUT2D eigenvalue weighted by molar-refractivity contribution is 5.82. The Hall–Kier alpha value is -1.84. The molecule has 0 saturated heterocycles. The van der Waals surface area contributed by atoms with Crippen molar-refractivity contribution < 1.29 is 4.79 Å². The number of carbonyl (C=O) groups excluding carboxylic acids is 1. The lowest BCUT2D eigenvalue weighted by Crippen LogP contribution is -2.18. The van der Waals surface area contributed by atoms with Crippen LogP contribution in [0.25, 0.3) is 11.0 Å². The van der Waals surface area contributed by atoms with Crippen LogP contribution in [0.1, 0.15) is 19.4 Å². The van der Waals surface area contributed by atoms with Gasteiger partial charge in [0.2, 0.25) is 5.91 Å². The van der Waals surface area contributed by atoms with E-state index in [0.717, 1.165) is 16.6 Å². The Labute approximate surface area is 95.1 Å². The molecule has 16 heavy (non-hydrogen) atoms. The van der Waals surface area contributed by atoms with E-state index in [1.165, 1.54) is 0 Å². The number of rotatable bonds is 2. The number of aromatic nitrogens is 2. The molecule has 0 aliphatic heterocycles. The summed E-state index contributed by atoms with van der Waals surface area (Å²) in [6.45, 7) is 6.19. The second kappa shape index (κ2) is 5.30. The summed E-state index contributed by atoms with van der Waals surface area (Å²) in [6, 6.07) is 3.89. The molecule has 2 heterocycles. The van der Waals surface area contributed by atoms with E-state index >= 15 is 0 Å². The second-order valence-electron chi connectivity index (χ2n) is 3.28. The van der Waals surface area contributed by atoms with Gasteiger partial charge in [-0.15, -0.1) is 0 Å². The summed E-state index contributed by atoms with van der Waals surface area (Å²) in [5.41, 5.74) is 7.09. The minimum Gasteiger partial charge on any atom is -0.368 e. The summed E-state index contributed by atoms with van der Waals surface area (Å²) in [5, 5.41) is 1.06. The number of pyridine rings is 1. The predicted molar refractivity (Wildman–Crippen MR) is 65.0 cm³/mol. The van der Waals surface area contributed by atoms with Crippen molar-refractivity contribution in [1.82, 2.24) is 9.55 Å². The third-order valence-electron chi connectivity index (χ3n) is 2.21. The number of carbonyl (C=O) groups is 1. The first-order valence-electron chi connectivity index (χ1n) is 5.37. The fourth-order valence-electron chi connectivity index (χ4n) is 1.52. The van der Waals surface area contributed by atoms with Gasteiger partial charge in [-0.25, -0.2) is 4.98 Å². The smallest absolute Gasteiger partial charge is 0.237 e. The first kappa shape index (κ1) is 12.2. The van der Waals surface area contributed by atoms with Crippen molar-refractivity contribution >= 4 is 16.9 Å². The Morgan fingerprint density at radius 2 is 2.12 bits per heavy atom. The first-order valence-corrected chi connectivity index (χ1v) is 5.37. The maximum atomic E-state index is 10.8. The molecule has 0 spiro atoms. The zero-order valence-corrected chi connectivity index (χ0v) is 9.90. The Balaban J connectivity index is 0.000000606. The molecule has 0 radical (unpaired) electrons. The molecule has 0 fully saturated rings. The van der Waals surface area contributed by atoms with Gasteiger partial charge in [0.15, 0.2) is 0 Å². The molecule has 0 aromatic carbocycles. The number of hydrogen-bond acceptors (Lipinski definition) is 2. The molecule has 0 bridgehead atoms. The highest BCUT2D eigenvalue weighted by Gasteiger charge is 2.05. The van der Waals surface area contributed by atoms with Crippen LogP contribution in [0, 0.1) is 6.92 Å². The summed E-state index contributed by atoms with van der Waals surface area (Å²) in [5.74, 6) is -0.356. The van der Waals surface area contributed by atoms with Crippen LogP contribution in [-0.2, 0) is 11.3 Å². The van der Waals surface area contributed by atoms with E-state index in [1.54, 1.807) is 10.8 Å². The lowest BCUT2D eigenvalue weighted by Gasteiger charge is -2.01. The van der Waals surface area contributed by atoms with Gasteiger partial charge in [0.05, 0.1) is 0 Å². The van der Waals surface area contributed by atoms with Crippen LogP contribution in [0.2, 0.25) is 0 Å². The Morgan fingerprint density at radius 1 is 1.44 bits per heavy atom. The summed E-state index contributed by atoms with van der Waals surface area (Å²) >= 11 is 0. The average molecular weight is 219 g/mol. The molecule has 86 valence electrons. The van der Waals surface area contributed by atoms with E-state index < -0.39 is 0 Å². The lowest BCUT2D eigenvalue weighted by atomic mass is 10.2. The van der Waals surface area contributed by atoms with E-state index in [-0.39, 0.29) is 12.5 Å². The fraction of sp³-hybridized carbons (Fsp3) is 0.333. The largest absolute Gasteiger partial charge is 0.368 e. The summed E-state index contributed by atoms with van der Waals surface area (Å²) in [4.78, 5) is 15.0.